The van der Waals surface area contributed by atoms with Crippen LogP contribution in [0.25, 0.3) is 0 Å². The van der Waals surface area contributed by atoms with Crippen molar-refractivity contribution in [3.05, 3.63) is 11.6 Å². The van der Waals surface area contributed by atoms with Crippen LogP contribution in [-0.2, 0) is 0 Å². The molecule has 82 valence electrons. The Morgan fingerprint density at radius 2 is 2.14 bits per heavy atom. The summed E-state index contributed by atoms with van der Waals surface area (Å²) in [7, 11) is 0. The number of allylic oxidation sites excluding steroid dienone is 2. The molecule has 0 aliphatic heterocycles. The molecule has 0 heterocycles. The van der Waals surface area contributed by atoms with Gasteiger partial charge in [0, 0.05) is 0 Å². The minimum atomic E-state index is 0.521. The smallest absolute Gasteiger partial charge is 0.0129 e. The standard InChI is InChI=1S/C14H26/c1-6-8-11(2)13-12(3)9-7-10-14(13,4)5/h9,11,13H,6-8,10H2,1-5H3. The van der Waals surface area contributed by atoms with E-state index >= 15 is 0 Å². The molecule has 1 aliphatic carbocycles. The van der Waals surface area contributed by atoms with Crippen molar-refractivity contribution in [2.45, 2.75) is 60.3 Å². The van der Waals surface area contributed by atoms with Crippen molar-refractivity contribution in [3.8, 4) is 0 Å². The normalized spacial score (nSPS) is 28.4. The summed E-state index contributed by atoms with van der Waals surface area (Å²) in [4.78, 5) is 0. The summed E-state index contributed by atoms with van der Waals surface area (Å²) >= 11 is 0. The maximum atomic E-state index is 2.46. The first-order valence-corrected chi connectivity index (χ1v) is 6.15. The highest BCUT2D eigenvalue weighted by molar-refractivity contribution is 5.13. The molecular formula is C14H26. The zero-order valence-electron chi connectivity index (χ0n) is 10.6. The SMILES string of the molecule is CCCC(C)C1C(C)=CCCC1(C)C. The summed E-state index contributed by atoms with van der Waals surface area (Å²) in [5.74, 6) is 1.67. The van der Waals surface area contributed by atoms with Crippen LogP contribution in [0.2, 0.25) is 0 Å². The Balaban J connectivity index is 2.80. The van der Waals surface area contributed by atoms with Crippen molar-refractivity contribution in [2.24, 2.45) is 17.3 Å². The predicted molar refractivity (Wildman–Crippen MR) is 64.3 cm³/mol. The van der Waals surface area contributed by atoms with Gasteiger partial charge >= 0.3 is 0 Å². The highest BCUT2D eigenvalue weighted by atomic mass is 14.4. The molecule has 0 amide bonds. The van der Waals surface area contributed by atoms with Crippen molar-refractivity contribution in [1.82, 2.24) is 0 Å². The van der Waals surface area contributed by atoms with E-state index in [1.54, 1.807) is 5.57 Å². The maximum Gasteiger partial charge on any atom is -0.0129 e. The second kappa shape index (κ2) is 4.51. The Labute approximate surface area is 89.8 Å². The van der Waals surface area contributed by atoms with Gasteiger partial charge in [0.1, 0.15) is 0 Å². The molecule has 0 spiro atoms. The van der Waals surface area contributed by atoms with Crippen LogP contribution < -0.4 is 0 Å². The predicted octanol–water partition coefficient (Wildman–Crippen LogP) is 4.81. The molecule has 0 aromatic carbocycles. The van der Waals surface area contributed by atoms with Crippen molar-refractivity contribution in [2.75, 3.05) is 0 Å². The summed E-state index contributed by atoms with van der Waals surface area (Å²) in [6, 6.07) is 0. The van der Waals surface area contributed by atoms with Crippen LogP contribution in [-0.4, -0.2) is 0 Å². The van der Waals surface area contributed by atoms with Gasteiger partial charge in [-0.3, -0.25) is 0 Å². The highest BCUT2D eigenvalue weighted by Gasteiger charge is 2.35. The van der Waals surface area contributed by atoms with Gasteiger partial charge < -0.3 is 0 Å². The molecule has 0 bridgehead atoms. The van der Waals surface area contributed by atoms with Crippen LogP contribution in [0.3, 0.4) is 0 Å². The lowest BCUT2D eigenvalue weighted by Gasteiger charge is -2.42. The van der Waals surface area contributed by atoms with Crippen molar-refractivity contribution < 1.29 is 0 Å². The lowest BCUT2D eigenvalue weighted by molar-refractivity contribution is 0.151. The van der Waals surface area contributed by atoms with E-state index in [-0.39, 0.29) is 0 Å². The fourth-order valence-corrected chi connectivity index (χ4v) is 3.41. The van der Waals surface area contributed by atoms with Crippen LogP contribution in [0.15, 0.2) is 11.6 Å². The molecular weight excluding hydrogens is 168 g/mol. The second-order valence-corrected chi connectivity index (χ2v) is 5.72. The molecule has 0 radical (unpaired) electrons. The molecule has 0 aromatic rings. The van der Waals surface area contributed by atoms with E-state index in [4.69, 9.17) is 0 Å². The van der Waals surface area contributed by atoms with E-state index in [0.717, 1.165) is 11.8 Å². The summed E-state index contributed by atoms with van der Waals surface area (Å²) in [6.07, 6.45) is 7.81. The summed E-state index contributed by atoms with van der Waals surface area (Å²) in [5.41, 5.74) is 2.16. The number of hydrogen-bond donors (Lipinski definition) is 0. The molecule has 14 heavy (non-hydrogen) atoms. The van der Waals surface area contributed by atoms with Crippen LogP contribution >= 0.6 is 0 Å². The fraction of sp³-hybridized carbons (Fsp3) is 0.857. The van der Waals surface area contributed by atoms with E-state index in [2.05, 4.69) is 40.7 Å². The number of hydrogen-bond acceptors (Lipinski definition) is 0. The Kier molecular flexibility index (Phi) is 3.80. The Morgan fingerprint density at radius 3 is 2.64 bits per heavy atom. The molecule has 1 aliphatic rings. The third kappa shape index (κ3) is 2.40. The lowest BCUT2D eigenvalue weighted by atomic mass is 9.63. The molecule has 0 nitrogen and oxygen atoms in total. The minimum Gasteiger partial charge on any atom is -0.0853 e. The molecule has 0 heteroatoms. The first-order valence-electron chi connectivity index (χ1n) is 6.15. The average molecular weight is 194 g/mol. The van der Waals surface area contributed by atoms with Crippen LogP contribution in [0, 0.1) is 17.3 Å². The summed E-state index contributed by atoms with van der Waals surface area (Å²) in [5, 5.41) is 0. The molecule has 2 unspecified atom stereocenters. The zero-order chi connectivity index (χ0) is 10.8. The highest BCUT2D eigenvalue weighted by Crippen LogP contribution is 2.45. The van der Waals surface area contributed by atoms with Gasteiger partial charge in [-0.15, -0.1) is 0 Å². The first-order chi connectivity index (χ1) is 6.49. The first kappa shape index (κ1) is 11.8. The third-order valence-electron chi connectivity index (χ3n) is 3.90. The van der Waals surface area contributed by atoms with E-state index in [9.17, 15) is 0 Å². The van der Waals surface area contributed by atoms with Gasteiger partial charge in [0.2, 0.25) is 0 Å². The van der Waals surface area contributed by atoms with E-state index in [0.29, 0.717) is 5.41 Å². The Hall–Kier alpha value is -0.260. The minimum absolute atomic E-state index is 0.521. The van der Waals surface area contributed by atoms with Gasteiger partial charge in [0.15, 0.2) is 0 Å². The molecule has 0 fully saturated rings. The third-order valence-corrected chi connectivity index (χ3v) is 3.90. The van der Waals surface area contributed by atoms with Gasteiger partial charge in [-0.2, -0.15) is 0 Å². The van der Waals surface area contributed by atoms with Gasteiger partial charge in [-0.25, -0.2) is 0 Å². The molecule has 0 aromatic heterocycles. The van der Waals surface area contributed by atoms with Gasteiger partial charge in [0.05, 0.1) is 0 Å². The van der Waals surface area contributed by atoms with Crippen LogP contribution in [0.4, 0.5) is 0 Å². The van der Waals surface area contributed by atoms with E-state index in [1.807, 2.05) is 0 Å². The molecule has 0 N–H and O–H groups in total. The maximum absolute atomic E-state index is 2.46. The van der Waals surface area contributed by atoms with Crippen molar-refractivity contribution >= 4 is 0 Å². The van der Waals surface area contributed by atoms with Gasteiger partial charge in [-0.1, -0.05) is 52.2 Å². The molecule has 2 atom stereocenters. The fourth-order valence-electron chi connectivity index (χ4n) is 3.41. The molecule has 1 rings (SSSR count). The van der Waals surface area contributed by atoms with Crippen LogP contribution in [0.1, 0.15) is 60.3 Å². The largest absolute Gasteiger partial charge is 0.0853 e. The second-order valence-electron chi connectivity index (χ2n) is 5.72. The monoisotopic (exact) mass is 194 g/mol. The van der Waals surface area contributed by atoms with Crippen LogP contribution in [0.5, 0.6) is 0 Å². The zero-order valence-corrected chi connectivity index (χ0v) is 10.6. The quantitative estimate of drug-likeness (QED) is 0.566. The summed E-state index contributed by atoms with van der Waals surface area (Å²) in [6.45, 7) is 11.9. The van der Waals surface area contributed by atoms with Gasteiger partial charge in [0.25, 0.3) is 0 Å². The van der Waals surface area contributed by atoms with Gasteiger partial charge in [-0.05, 0) is 37.0 Å². The summed E-state index contributed by atoms with van der Waals surface area (Å²) < 4.78 is 0. The molecule has 0 saturated heterocycles. The van der Waals surface area contributed by atoms with Crippen molar-refractivity contribution in [3.63, 3.8) is 0 Å². The van der Waals surface area contributed by atoms with Crippen molar-refractivity contribution in [1.29, 1.82) is 0 Å². The van der Waals surface area contributed by atoms with E-state index < -0.39 is 0 Å². The Morgan fingerprint density at radius 1 is 1.50 bits per heavy atom. The number of rotatable bonds is 3. The molecule has 0 saturated carbocycles. The van der Waals surface area contributed by atoms with E-state index in [1.165, 1.54) is 25.7 Å². The Bertz CT molecular complexity index is 210. The lowest BCUT2D eigenvalue weighted by Crippen LogP contribution is -2.32. The average Bonchev–Trinajstić information content (AvgIpc) is 2.02. The topological polar surface area (TPSA) is 0 Å².